The highest BCUT2D eigenvalue weighted by atomic mass is 32.1. The second kappa shape index (κ2) is 5.14. The van der Waals surface area contributed by atoms with Crippen LogP contribution in [0.15, 0.2) is 48.9 Å². The third-order valence-electron chi connectivity index (χ3n) is 4.35. The lowest BCUT2D eigenvalue weighted by Crippen LogP contribution is -2.13. The molecule has 0 aliphatic carbocycles. The fourth-order valence-corrected chi connectivity index (χ4v) is 4.10. The number of benzene rings is 1. The molecule has 5 nitrogen and oxygen atoms in total. The number of pyridine rings is 1. The lowest BCUT2D eigenvalue weighted by Gasteiger charge is -2.14. The summed E-state index contributed by atoms with van der Waals surface area (Å²) >= 11 is 1.62. The first-order valence-electron chi connectivity index (χ1n) is 7.91. The van der Waals surface area contributed by atoms with E-state index in [2.05, 4.69) is 35.0 Å². The molecule has 5 rings (SSSR count). The van der Waals surface area contributed by atoms with Gasteiger partial charge in [-0.2, -0.15) is 0 Å². The summed E-state index contributed by atoms with van der Waals surface area (Å²) in [5, 5.41) is 5.74. The van der Waals surface area contributed by atoms with E-state index in [1.165, 1.54) is 16.8 Å². The number of hydrogen-bond donors (Lipinski definition) is 0. The summed E-state index contributed by atoms with van der Waals surface area (Å²) in [4.78, 5) is 12.0. The van der Waals surface area contributed by atoms with Crippen molar-refractivity contribution in [3.05, 3.63) is 60.0 Å². The molecule has 4 heterocycles. The molecule has 3 aromatic heterocycles. The van der Waals surface area contributed by atoms with Crippen LogP contribution in [0.3, 0.4) is 0 Å². The third kappa shape index (κ3) is 2.11. The van der Waals surface area contributed by atoms with Crippen molar-refractivity contribution in [2.75, 3.05) is 11.4 Å². The Kier molecular flexibility index (Phi) is 2.93. The normalized spacial score (nSPS) is 13.6. The Labute approximate surface area is 143 Å². The summed E-state index contributed by atoms with van der Waals surface area (Å²) in [6.07, 6.45) is 6.63. The van der Waals surface area contributed by atoms with E-state index in [1.54, 1.807) is 17.5 Å². The van der Waals surface area contributed by atoms with Gasteiger partial charge in [0.05, 0.1) is 11.9 Å². The highest BCUT2D eigenvalue weighted by Crippen LogP contribution is 2.37. The van der Waals surface area contributed by atoms with Gasteiger partial charge in [-0.1, -0.05) is 29.0 Å². The summed E-state index contributed by atoms with van der Waals surface area (Å²) in [6, 6.07) is 10.6. The van der Waals surface area contributed by atoms with E-state index in [0.717, 1.165) is 34.3 Å². The molecule has 1 aliphatic rings. The number of fused-ring (bicyclic) bond motifs is 2. The molecule has 1 aliphatic heterocycles. The largest absolute Gasteiger partial charge is 0.316 e. The molecule has 6 heteroatoms. The van der Waals surface area contributed by atoms with Crippen molar-refractivity contribution in [1.82, 2.24) is 19.6 Å². The molecular weight excluding hydrogens is 318 g/mol. The van der Waals surface area contributed by atoms with Crippen LogP contribution in [-0.4, -0.2) is 26.1 Å². The van der Waals surface area contributed by atoms with Gasteiger partial charge in [0.15, 0.2) is 0 Å². The minimum Gasteiger partial charge on any atom is -0.316 e. The lowest BCUT2D eigenvalue weighted by atomic mass is 10.1. The van der Waals surface area contributed by atoms with Crippen LogP contribution in [0.25, 0.3) is 16.2 Å². The predicted octanol–water partition coefficient (Wildman–Crippen LogP) is 3.86. The first-order chi connectivity index (χ1) is 11.8. The van der Waals surface area contributed by atoms with Crippen LogP contribution in [-0.2, 0) is 6.42 Å². The van der Waals surface area contributed by atoms with Gasteiger partial charge in [0, 0.05) is 30.2 Å². The molecule has 118 valence electrons. The Morgan fingerprint density at radius 3 is 3.00 bits per heavy atom. The van der Waals surface area contributed by atoms with E-state index in [4.69, 9.17) is 10.1 Å². The summed E-state index contributed by atoms with van der Waals surface area (Å²) in [7, 11) is 0. The average Bonchev–Trinajstić information content (AvgIpc) is 3.27. The number of aryl methyl sites for hydroxylation is 1. The molecule has 0 saturated heterocycles. The van der Waals surface area contributed by atoms with E-state index in [-0.39, 0.29) is 0 Å². The average molecular weight is 333 g/mol. The smallest absolute Gasteiger partial charge is 0.214 e. The Morgan fingerprint density at radius 1 is 1.21 bits per heavy atom. The SMILES string of the molecule is Cc1ccc2c(c1)CCN2c1nn2cc(-c3cccnc3)nc2s1. The van der Waals surface area contributed by atoms with Gasteiger partial charge in [0.25, 0.3) is 0 Å². The summed E-state index contributed by atoms with van der Waals surface area (Å²) in [5.41, 5.74) is 5.90. The van der Waals surface area contributed by atoms with Crippen molar-refractivity contribution in [1.29, 1.82) is 0 Å². The Hall–Kier alpha value is -2.73. The van der Waals surface area contributed by atoms with Crippen molar-refractivity contribution >= 4 is 27.1 Å². The maximum absolute atomic E-state index is 4.74. The predicted molar refractivity (Wildman–Crippen MR) is 96.0 cm³/mol. The molecule has 0 bridgehead atoms. The van der Waals surface area contributed by atoms with Gasteiger partial charge in [-0.25, -0.2) is 9.50 Å². The van der Waals surface area contributed by atoms with Crippen molar-refractivity contribution in [2.45, 2.75) is 13.3 Å². The number of imidazole rings is 1. The highest BCUT2D eigenvalue weighted by molar-refractivity contribution is 7.20. The zero-order valence-corrected chi connectivity index (χ0v) is 14.0. The standard InChI is InChI=1S/C18H15N5S/c1-12-4-5-16-13(9-12)6-8-22(16)18-21-23-11-15(20-17(23)24-18)14-3-2-7-19-10-14/h2-5,7,9-11H,6,8H2,1H3. The molecule has 0 N–H and O–H groups in total. The molecule has 0 unspecified atom stereocenters. The zero-order chi connectivity index (χ0) is 16.1. The monoisotopic (exact) mass is 333 g/mol. The summed E-state index contributed by atoms with van der Waals surface area (Å²) in [5.74, 6) is 0. The van der Waals surface area contributed by atoms with Crippen molar-refractivity contribution < 1.29 is 0 Å². The van der Waals surface area contributed by atoms with Gasteiger partial charge in [0.1, 0.15) is 0 Å². The molecule has 4 aromatic rings. The molecule has 0 atom stereocenters. The molecule has 0 spiro atoms. The first kappa shape index (κ1) is 13.7. The topological polar surface area (TPSA) is 46.3 Å². The molecule has 0 amide bonds. The molecule has 0 fully saturated rings. The quantitative estimate of drug-likeness (QED) is 0.559. The molecule has 0 radical (unpaired) electrons. The van der Waals surface area contributed by atoms with E-state index in [0.29, 0.717) is 0 Å². The van der Waals surface area contributed by atoms with E-state index in [9.17, 15) is 0 Å². The number of aromatic nitrogens is 4. The van der Waals surface area contributed by atoms with Crippen molar-refractivity contribution in [3.63, 3.8) is 0 Å². The number of hydrogen-bond acceptors (Lipinski definition) is 5. The van der Waals surface area contributed by atoms with Crippen LogP contribution < -0.4 is 4.90 Å². The number of rotatable bonds is 2. The molecule has 24 heavy (non-hydrogen) atoms. The maximum Gasteiger partial charge on any atom is 0.214 e. The van der Waals surface area contributed by atoms with Crippen molar-refractivity contribution in [2.24, 2.45) is 0 Å². The summed E-state index contributed by atoms with van der Waals surface area (Å²) in [6.45, 7) is 3.12. The Balaban J connectivity index is 1.53. The van der Waals surface area contributed by atoms with Crippen LogP contribution in [0, 0.1) is 6.92 Å². The minimum absolute atomic E-state index is 0.907. The highest BCUT2D eigenvalue weighted by Gasteiger charge is 2.24. The minimum atomic E-state index is 0.907. The summed E-state index contributed by atoms with van der Waals surface area (Å²) < 4.78 is 1.87. The Bertz CT molecular complexity index is 1000. The third-order valence-corrected chi connectivity index (χ3v) is 5.30. The van der Waals surface area contributed by atoms with Gasteiger partial charge in [0.2, 0.25) is 10.1 Å². The fraction of sp³-hybridized carbons (Fsp3) is 0.167. The van der Waals surface area contributed by atoms with E-state index >= 15 is 0 Å². The van der Waals surface area contributed by atoms with Crippen LogP contribution in [0.1, 0.15) is 11.1 Å². The van der Waals surface area contributed by atoms with E-state index < -0.39 is 0 Å². The van der Waals surface area contributed by atoms with Gasteiger partial charge in [-0.15, -0.1) is 5.10 Å². The molecule has 1 aromatic carbocycles. The van der Waals surface area contributed by atoms with Gasteiger partial charge >= 0.3 is 0 Å². The van der Waals surface area contributed by atoms with Crippen LogP contribution >= 0.6 is 11.3 Å². The maximum atomic E-state index is 4.74. The Morgan fingerprint density at radius 2 is 2.17 bits per heavy atom. The van der Waals surface area contributed by atoms with Crippen molar-refractivity contribution in [3.8, 4) is 11.3 Å². The second-order valence-corrected chi connectivity index (χ2v) is 6.95. The van der Waals surface area contributed by atoms with Crippen LogP contribution in [0.4, 0.5) is 10.8 Å². The van der Waals surface area contributed by atoms with Gasteiger partial charge in [-0.3, -0.25) is 4.98 Å². The van der Waals surface area contributed by atoms with E-state index in [1.807, 2.05) is 29.0 Å². The first-order valence-corrected chi connectivity index (χ1v) is 8.73. The van der Waals surface area contributed by atoms with Gasteiger partial charge in [-0.05, 0) is 37.1 Å². The fourth-order valence-electron chi connectivity index (χ4n) is 3.18. The van der Waals surface area contributed by atoms with Crippen LogP contribution in [0.5, 0.6) is 0 Å². The zero-order valence-electron chi connectivity index (χ0n) is 13.2. The number of nitrogens with zero attached hydrogens (tertiary/aromatic N) is 5. The lowest BCUT2D eigenvalue weighted by molar-refractivity contribution is 0.920. The number of anilines is 2. The molecular formula is C18H15N5S. The van der Waals surface area contributed by atoms with Gasteiger partial charge < -0.3 is 4.90 Å². The second-order valence-electron chi connectivity index (χ2n) is 6.01. The van der Waals surface area contributed by atoms with Crippen LogP contribution in [0.2, 0.25) is 0 Å². The molecule has 0 saturated carbocycles.